The highest BCUT2D eigenvalue weighted by atomic mass is 32.1. The number of imide groups is 1. The maximum atomic E-state index is 12.3. The highest BCUT2D eigenvalue weighted by Gasteiger charge is 2.23. The van der Waals surface area contributed by atoms with Crippen LogP contribution < -0.4 is 11.1 Å². The number of aryl methyl sites for hydroxylation is 2. The van der Waals surface area contributed by atoms with E-state index < -0.39 is 24.0 Å². The lowest BCUT2D eigenvalue weighted by molar-refractivity contribution is -0.127. The van der Waals surface area contributed by atoms with E-state index in [9.17, 15) is 14.4 Å². The number of nitrogens with one attached hydrogen (secondary N) is 1. The molecular formula is C17H19N3O4S. The first kappa shape index (κ1) is 18.6. The van der Waals surface area contributed by atoms with Gasteiger partial charge in [0.1, 0.15) is 9.88 Å². The molecule has 25 heavy (non-hydrogen) atoms. The van der Waals surface area contributed by atoms with E-state index in [0.717, 1.165) is 12.0 Å². The van der Waals surface area contributed by atoms with E-state index in [4.69, 9.17) is 10.5 Å². The van der Waals surface area contributed by atoms with Crippen LogP contribution in [0.3, 0.4) is 0 Å². The van der Waals surface area contributed by atoms with Crippen LogP contribution in [0, 0.1) is 6.92 Å². The number of primary amides is 1. The minimum Gasteiger partial charge on any atom is -0.448 e. The van der Waals surface area contributed by atoms with Crippen LogP contribution in [-0.2, 0) is 16.0 Å². The van der Waals surface area contributed by atoms with E-state index in [1.807, 2.05) is 29.6 Å². The molecule has 0 spiro atoms. The number of hydrogen-bond acceptors (Lipinski definition) is 6. The number of thiazole rings is 1. The standard InChI is InChI=1S/C17H19N3O4S/c1-4-11-5-7-12(8-6-11)15-19-9(2)13(25-15)16(22)24-10(3)14(21)20-17(18)23/h5-8,10H,4H2,1-3H3,(H3,18,20,21,23)/t10-/m0/s1. The number of carbonyl (C=O) groups is 3. The van der Waals surface area contributed by atoms with Crippen molar-refractivity contribution < 1.29 is 19.1 Å². The summed E-state index contributed by atoms with van der Waals surface area (Å²) in [4.78, 5) is 39.2. The molecule has 1 atom stereocenters. The fourth-order valence-corrected chi connectivity index (χ4v) is 3.04. The van der Waals surface area contributed by atoms with Gasteiger partial charge in [0, 0.05) is 5.56 Å². The molecular weight excluding hydrogens is 342 g/mol. The second kappa shape index (κ2) is 7.89. The summed E-state index contributed by atoms with van der Waals surface area (Å²) in [7, 11) is 0. The van der Waals surface area contributed by atoms with Crippen LogP contribution >= 0.6 is 11.3 Å². The Morgan fingerprint density at radius 1 is 1.28 bits per heavy atom. The number of ether oxygens (including phenoxy) is 1. The van der Waals surface area contributed by atoms with Crippen LogP contribution in [0.4, 0.5) is 4.79 Å². The lowest BCUT2D eigenvalue weighted by Crippen LogP contribution is -2.42. The summed E-state index contributed by atoms with van der Waals surface area (Å²) in [5.41, 5.74) is 7.51. The normalized spacial score (nSPS) is 11.6. The van der Waals surface area contributed by atoms with Crippen molar-refractivity contribution in [2.45, 2.75) is 33.3 Å². The van der Waals surface area contributed by atoms with Gasteiger partial charge in [0.15, 0.2) is 6.10 Å². The molecule has 1 aromatic heterocycles. The van der Waals surface area contributed by atoms with Gasteiger partial charge in [-0.2, -0.15) is 0 Å². The van der Waals surface area contributed by atoms with E-state index in [-0.39, 0.29) is 0 Å². The van der Waals surface area contributed by atoms with Crippen molar-refractivity contribution in [2.75, 3.05) is 0 Å². The Kier molecular flexibility index (Phi) is 5.87. The van der Waals surface area contributed by atoms with Crippen LogP contribution in [0.25, 0.3) is 10.6 Å². The van der Waals surface area contributed by atoms with Crippen LogP contribution in [0.15, 0.2) is 24.3 Å². The van der Waals surface area contributed by atoms with Gasteiger partial charge in [-0.15, -0.1) is 11.3 Å². The topological polar surface area (TPSA) is 111 Å². The van der Waals surface area contributed by atoms with Crippen LogP contribution in [0.2, 0.25) is 0 Å². The third-order valence-electron chi connectivity index (χ3n) is 3.49. The molecule has 0 unspecified atom stereocenters. The van der Waals surface area contributed by atoms with Crippen molar-refractivity contribution >= 4 is 29.2 Å². The molecule has 0 bridgehead atoms. The van der Waals surface area contributed by atoms with E-state index >= 15 is 0 Å². The zero-order chi connectivity index (χ0) is 18.6. The van der Waals surface area contributed by atoms with Crippen molar-refractivity contribution in [1.29, 1.82) is 0 Å². The lowest BCUT2D eigenvalue weighted by atomic mass is 10.1. The third kappa shape index (κ3) is 4.63. The number of urea groups is 1. The summed E-state index contributed by atoms with van der Waals surface area (Å²) in [6.07, 6.45) is -0.200. The maximum Gasteiger partial charge on any atom is 0.351 e. The van der Waals surface area contributed by atoms with Gasteiger partial charge in [-0.3, -0.25) is 10.1 Å². The molecule has 2 aromatic rings. The maximum absolute atomic E-state index is 12.3. The first-order valence-corrected chi connectivity index (χ1v) is 8.51. The number of esters is 1. The fraction of sp³-hybridized carbons (Fsp3) is 0.294. The monoisotopic (exact) mass is 361 g/mol. The Balaban J connectivity index is 2.14. The number of aromatic nitrogens is 1. The van der Waals surface area contributed by atoms with E-state index in [0.29, 0.717) is 15.6 Å². The first-order chi connectivity index (χ1) is 11.8. The molecule has 0 fully saturated rings. The van der Waals surface area contributed by atoms with Gasteiger partial charge in [0.2, 0.25) is 0 Å². The van der Waals surface area contributed by atoms with Crippen molar-refractivity contribution in [3.05, 3.63) is 40.4 Å². The number of nitrogens with zero attached hydrogens (tertiary/aromatic N) is 1. The number of amides is 3. The molecule has 7 nitrogen and oxygen atoms in total. The quantitative estimate of drug-likeness (QED) is 0.795. The minimum atomic E-state index is -1.14. The number of nitrogens with two attached hydrogens (primary N) is 1. The molecule has 2 rings (SSSR count). The molecule has 3 amide bonds. The van der Waals surface area contributed by atoms with E-state index in [1.54, 1.807) is 6.92 Å². The summed E-state index contributed by atoms with van der Waals surface area (Å²) < 4.78 is 5.08. The molecule has 132 valence electrons. The Morgan fingerprint density at radius 2 is 1.92 bits per heavy atom. The number of hydrogen-bond donors (Lipinski definition) is 2. The number of rotatable bonds is 5. The highest BCUT2D eigenvalue weighted by molar-refractivity contribution is 7.17. The SMILES string of the molecule is CCc1ccc(-c2nc(C)c(C(=O)O[C@@H](C)C(=O)NC(N)=O)s2)cc1. The smallest absolute Gasteiger partial charge is 0.351 e. The zero-order valence-electron chi connectivity index (χ0n) is 14.2. The Labute approximate surface area is 149 Å². The van der Waals surface area contributed by atoms with Crippen LogP contribution in [0.1, 0.15) is 34.8 Å². The van der Waals surface area contributed by atoms with Crippen molar-refractivity contribution in [2.24, 2.45) is 5.73 Å². The lowest BCUT2D eigenvalue weighted by Gasteiger charge is -2.11. The Hall–Kier alpha value is -2.74. The molecule has 1 heterocycles. The van der Waals surface area contributed by atoms with Crippen molar-refractivity contribution in [3.63, 3.8) is 0 Å². The van der Waals surface area contributed by atoms with Gasteiger partial charge < -0.3 is 10.5 Å². The van der Waals surface area contributed by atoms with Crippen LogP contribution in [-0.4, -0.2) is 29.0 Å². The molecule has 0 saturated carbocycles. The average Bonchev–Trinajstić information content (AvgIpc) is 2.96. The summed E-state index contributed by atoms with van der Waals surface area (Å²) in [5, 5.41) is 2.56. The van der Waals surface area contributed by atoms with Gasteiger partial charge in [0.05, 0.1) is 5.69 Å². The third-order valence-corrected chi connectivity index (χ3v) is 4.68. The molecule has 1 aromatic carbocycles. The Bertz CT molecular complexity index is 799. The number of benzene rings is 1. The second-order valence-corrected chi connectivity index (χ2v) is 6.38. The van der Waals surface area contributed by atoms with Gasteiger partial charge in [-0.1, -0.05) is 31.2 Å². The molecule has 0 saturated heterocycles. The van der Waals surface area contributed by atoms with Crippen molar-refractivity contribution in [1.82, 2.24) is 10.3 Å². The van der Waals surface area contributed by atoms with E-state index in [1.165, 1.54) is 23.8 Å². The highest BCUT2D eigenvalue weighted by Crippen LogP contribution is 2.29. The van der Waals surface area contributed by atoms with Gasteiger partial charge in [-0.25, -0.2) is 14.6 Å². The zero-order valence-corrected chi connectivity index (χ0v) is 15.0. The van der Waals surface area contributed by atoms with E-state index in [2.05, 4.69) is 11.9 Å². The van der Waals surface area contributed by atoms with Gasteiger partial charge in [-0.05, 0) is 25.8 Å². The second-order valence-electron chi connectivity index (χ2n) is 5.39. The molecule has 0 aliphatic carbocycles. The predicted octanol–water partition coefficient (Wildman–Crippen LogP) is 2.42. The molecule has 3 N–H and O–H groups in total. The number of carbonyl (C=O) groups excluding carboxylic acids is 3. The van der Waals surface area contributed by atoms with Crippen molar-refractivity contribution in [3.8, 4) is 10.6 Å². The summed E-state index contributed by atoms with van der Waals surface area (Å²) in [6.45, 7) is 5.13. The summed E-state index contributed by atoms with van der Waals surface area (Å²) in [5.74, 6) is -1.45. The molecule has 0 radical (unpaired) electrons. The predicted molar refractivity (Wildman–Crippen MR) is 94.3 cm³/mol. The molecule has 0 aliphatic rings. The Morgan fingerprint density at radius 3 is 2.48 bits per heavy atom. The van der Waals surface area contributed by atoms with Crippen LogP contribution in [0.5, 0.6) is 0 Å². The average molecular weight is 361 g/mol. The first-order valence-electron chi connectivity index (χ1n) is 7.69. The largest absolute Gasteiger partial charge is 0.448 e. The fourth-order valence-electron chi connectivity index (χ4n) is 2.08. The summed E-state index contributed by atoms with van der Waals surface area (Å²) in [6, 6.07) is 6.94. The summed E-state index contributed by atoms with van der Waals surface area (Å²) >= 11 is 1.19. The minimum absolute atomic E-state index is 0.313. The molecule has 8 heteroatoms. The van der Waals surface area contributed by atoms with Gasteiger partial charge >= 0.3 is 12.0 Å². The van der Waals surface area contributed by atoms with Gasteiger partial charge in [0.25, 0.3) is 5.91 Å². The molecule has 0 aliphatic heterocycles.